The fourth-order valence-electron chi connectivity index (χ4n) is 6.64. The molecule has 0 radical (unpaired) electrons. The highest BCUT2D eigenvalue weighted by Crippen LogP contribution is 2.55. The lowest BCUT2D eigenvalue weighted by Gasteiger charge is -2.54. The predicted molar refractivity (Wildman–Crippen MR) is 158 cm³/mol. The van der Waals surface area contributed by atoms with Crippen molar-refractivity contribution in [3.8, 4) is 11.5 Å². The standard InChI is InChI=1S/C30H37ClN2O6S/c1-18(34)22-15-32-13-12-30(22,28(36)37)33(17-29(2,3)4)23-11-10-19(31)14-21(23)27(40-16-25(33)35)20-8-7-9-24(38-5)26(20)39-6/h7-11,14,22,27,32H,12-13,15-17H2,1-6H3/p+1/t22-,27?,30+,33+/m1/s1. The number of benzene rings is 2. The van der Waals surface area contributed by atoms with Crippen LogP contribution in [0.15, 0.2) is 36.4 Å². The molecule has 0 spiro atoms. The van der Waals surface area contributed by atoms with E-state index in [4.69, 9.17) is 21.1 Å². The molecule has 0 bridgehead atoms. The van der Waals surface area contributed by atoms with Gasteiger partial charge in [-0.25, -0.2) is 14.1 Å². The molecule has 40 heavy (non-hydrogen) atoms. The molecule has 216 valence electrons. The molecular formula is C30H38ClN2O6S+. The maximum absolute atomic E-state index is 14.8. The van der Waals surface area contributed by atoms with Crippen LogP contribution < -0.4 is 19.3 Å². The molecule has 4 rings (SSSR count). The number of carboxylic acids is 1. The van der Waals surface area contributed by atoms with Gasteiger partial charge >= 0.3 is 11.9 Å². The number of thioether (sulfide) groups is 1. The van der Waals surface area contributed by atoms with E-state index in [1.807, 2.05) is 39.0 Å². The second-order valence-electron chi connectivity index (χ2n) is 11.7. The quantitative estimate of drug-likeness (QED) is 0.430. The fraction of sp³-hybridized carbons (Fsp3) is 0.500. The highest BCUT2D eigenvalue weighted by atomic mass is 35.5. The molecule has 2 heterocycles. The molecule has 1 fully saturated rings. The third-order valence-electron chi connectivity index (χ3n) is 8.06. The number of para-hydroxylation sites is 1. The largest absolute Gasteiger partial charge is 0.493 e. The summed E-state index contributed by atoms with van der Waals surface area (Å²) in [5, 5.41) is 14.4. The Bertz CT molecular complexity index is 1330. The number of ketones is 1. The van der Waals surface area contributed by atoms with Crippen molar-refractivity contribution in [3.05, 3.63) is 52.5 Å². The number of halogens is 1. The van der Waals surface area contributed by atoms with Gasteiger partial charge < -0.3 is 19.9 Å². The number of fused-ring (bicyclic) bond motifs is 1. The van der Waals surface area contributed by atoms with Gasteiger partial charge in [-0.2, -0.15) is 0 Å². The number of carbonyl (C=O) groups is 3. The average molecular weight is 590 g/mol. The molecular weight excluding hydrogens is 552 g/mol. The van der Waals surface area contributed by atoms with Crippen LogP contribution >= 0.6 is 23.4 Å². The molecule has 1 unspecified atom stereocenters. The second kappa shape index (κ2) is 11.4. The zero-order chi connectivity index (χ0) is 29.5. The first-order valence-electron chi connectivity index (χ1n) is 13.3. The van der Waals surface area contributed by atoms with E-state index in [1.165, 1.54) is 18.7 Å². The van der Waals surface area contributed by atoms with E-state index in [-0.39, 0.29) is 37.0 Å². The first-order chi connectivity index (χ1) is 18.8. The van der Waals surface area contributed by atoms with Crippen LogP contribution in [0.4, 0.5) is 5.69 Å². The van der Waals surface area contributed by atoms with Gasteiger partial charge in [0.2, 0.25) is 5.54 Å². The Morgan fingerprint density at radius 1 is 1.18 bits per heavy atom. The summed E-state index contributed by atoms with van der Waals surface area (Å²) in [7, 11) is 3.13. The molecule has 4 atom stereocenters. The highest BCUT2D eigenvalue weighted by molar-refractivity contribution is 8.00. The maximum atomic E-state index is 14.8. The number of Topliss-reactive ketones (excluding diaryl/α,β-unsaturated/α-hetero) is 1. The third-order valence-corrected chi connectivity index (χ3v) is 9.55. The normalized spacial score (nSPS) is 26.9. The molecule has 10 heteroatoms. The summed E-state index contributed by atoms with van der Waals surface area (Å²) in [4.78, 5) is 41.6. The minimum atomic E-state index is -1.71. The SMILES string of the molecule is COc1cccc(C2SCC(=O)[N@@+](CC(C)(C)C)([C@@]3(C(=O)O)CCNC[C@@H]3C(C)=O)c3ccc(Cl)cc32)c1OC. The van der Waals surface area contributed by atoms with Crippen LogP contribution in [0.5, 0.6) is 11.5 Å². The number of ether oxygens (including phenoxy) is 2. The molecule has 2 aromatic rings. The van der Waals surface area contributed by atoms with Gasteiger partial charge in [-0.1, -0.05) is 44.5 Å². The van der Waals surface area contributed by atoms with Crippen molar-refractivity contribution in [2.75, 3.05) is 39.6 Å². The van der Waals surface area contributed by atoms with Crippen LogP contribution in [-0.2, 0) is 14.4 Å². The summed E-state index contributed by atoms with van der Waals surface area (Å²) in [5.41, 5.74) is -0.116. The Hall–Kier alpha value is -2.59. The van der Waals surface area contributed by atoms with Gasteiger partial charge in [0.1, 0.15) is 17.2 Å². The Labute approximate surface area is 244 Å². The molecule has 0 aliphatic carbocycles. The maximum Gasteiger partial charge on any atom is 0.367 e. The number of nitrogens with zero attached hydrogens (tertiary/aromatic N) is 1. The van der Waals surface area contributed by atoms with Gasteiger partial charge in [0.05, 0.1) is 31.9 Å². The summed E-state index contributed by atoms with van der Waals surface area (Å²) in [6.07, 6.45) is 0.119. The van der Waals surface area contributed by atoms with E-state index in [1.54, 1.807) is 32.4 Å². The van der Waals surface area contributed by atoms with Crippen LogP contribution in [-0.4, -0.2) is 67.9 Å². The van der Waals surface area contributed by atoms with E-state index in [2.05, 4.69) is 5.32 Å². The van der Waals surface area contributed by atoms with Gasteiger partial charge in [-0.05, 0) is 25.1 Å². The zero-order valence-corrected chi connectivity index (χ0v) is 25.4. The zero-order valence-electron chi connectivity index (χ0n) is 23.9. The first-order valence-corrected chi connectivity index (χ1v) is 14.8. The summed E-state index contributed by atoms with van der Waals surface area (Å²) in [5.74, 6) is -1.45. The van der Waals surface area contributed by atoms with E-state index >= 15 is 0 Å². The van der Waals surface area contributed by atoms with E-state index in [0.29, 0.717) is 28.8 Å². The molecule has 0 aromatic heterocycles. The summed E-state index contributed by atoms with van der Waals surface area (Å²) in [6.45, 7) is 8.16. The van der Waals surface area contributed by atoms with Crippen LogP contribution in [0.25, 0.3) is 0 Å². The van der Waals surface area contributed by atoms with Crippen LogP contribution in [0, 0.1) is 11.3 Å². The predicted octanol–water partition coefficient (Wildman–Crippen LogP) is 5.10. The number of methoxy groups -OCH3 is 2. The smallest absolute Gasteiger partial charge is 0.367 e. The number of rotatable bonds is 7. The molecule has 2 aliphatic heterocycles. The van der Waals surface area contributed by atoms with Crippen molar-refractivity contribution < 1.29 is 29.0 Å². The molecule has 8 nitrogen and oxygen atoms in total. The first kappa shape index (κ1) is 30.4. The minimum absolute atomic E-state index is 0.0283. The fourth-order valence-corrected chi connectivity index (χ4v) is 8.08. The van der Waals surface area contributed by atoms with Crippen molar-refractivity contribution in [2.45, 2.75) is 44.9 Å². The average Bonchev–Trinajstić information content (AvgIpc) is 3.01. The lowest BCUT2D eigenvalue weighted by molar-refractivity contribution is -0.167. The number of nitrogens with one attached hydrogen (secondary N) is 1. The lowest BCUT2D eigenvalue weighted by atomic mass is 9.70. The van der Waals surface area contributed by atoms with Crippen molar-refractivity contribution in [3.63, 3.8) is 0 Å². The molecule has 1 amide bonds. The number of amides is 1. The summed E-state index contributed by atoms with van der Waals surface area (Å²) in [6, 6.07) is 10.9. The number of carbonyl (C=O) groups excluding carboxylic acids is 2. The summed E-state index contributed by atoms with van der Waals surface area (Å²) >= 11 is 8.01. The number of hydrogen-bond donors (Lipinski definition) is 2. The summed E-state index contributed by atoms with van der Waals surface area (Å²) < 4.78 is 10.9. The molecule has 2 aliphatic rings. The van der Waals surface area contributed by atoms with E-state index in [9.17, 15) is 19.5 Å². The lowest BCUT2D eigenvalue weighted by Crippen LogP contribution is -2.80. The Morgan fingerprint density at radius 2 is 1.90 bits per heavy atom. The van der Waals surface area contributed by atoms with Gasteiger partial charge in [-0.3, -0.25) is 4.79 Å². The van der Waals surface area contributed by atoms with Gasteiger partial charge in [0.25, 0.3) is 0 Å². The molecule has 0 saturated carbocycles. The Kier molecular flexibility index (Phi) is 8.62. The third kappa shape index (κ3) is 4.91. The van der Waals surface area contributed by atoms with Gasteiger partial charge in [0, 0.05) is 47.1 Å². The molecule has 2 N–H and O–H groups in total. The number of carboxylic acid groups (broad SMARTS) is 1. The van der Waals surface area contributed by atoms with Crippen molar-refractivity contribution in [2.24, 2.45) is 11.3 Å². The van der Waals surface area contributed by atoms with Crippen molar-refractivity contribution >= 4 is 46.7 Å². The number of quaternary nitrogens is 1. The Morgan fingerprint density at radius 3 is 2.50 bits per heavy atom. The van der Waals surface area contributed by atoms with E-state index in [0.717, 1.165) is 11.1 Å². The van der Waals surface area contributed by atoms with E-state index < -0.39 is 32.6 Å². The topological polar surface area (TPSA) is 102 Å². The number of hydrogen-bond acceptors (Lipinski definition) is 7. The Balaban J connectivity index is 2.14. The minimum Gasteiger partial charge on any atom is -0.493 e. The van der Waals surface area contributed by atoms with Crippen molar-refractivity contribution in [1.82, 2.24) is 9.80 Å². The van der Waals surface area contributed by atoms with Gasteiger partial charge in [0.15, 0.2) is 11.5 Å². The van der Waals surface area contributed by atoms with Gasteiger partial charge in [-0.15, -0.1) is 11.8 Å². The second-order valence-corrected chi connectivity index (χ2v) is 13.3. The number of piperidine rings is 1. The van der Waals surface area contributed by atoms with Crippen molar-refractivity contribution in [1.29, 1.82) is 0 Å². The monoisotopic (exact) mass is 589 g/mol. The highest BCUT2D eigenvalue weighted by Gasteiger charge is 2.69. The van der Waals surface area contributed by atoms with Crippen LogP contribution in [0.2, 0.25) is 5.02 Å². The number of aliphatic carboxylic acids is 1. The van der Waals surface area contributed by atoms with Crippen LogP contribution in [0.3, 0.4) is 0 Å². The molecule has 2 aromatic carbocycles. The van der Waals surface area contributed by atoms with Crippen LogP contribution in [0.1, 0.15) is 50.5 Å². The molecule has 1 saturated heterocycles.